The predicted molar refractivity (Wildman–Crippen MR) is 178 cm³/mol. The van der Waals surface area contributed by atoms with E-state index in [1.165, 1.54) is 25.0 Å². The summed E-state index contributed by atoms with van der Waals surface area (Å²) in [6.45, 7) is 14.9. The molecular weight excluding hydrogens is 581 g/mol. The van der Waals surface area contributed by atoms with Crippen LogP contribution in [0, 0.1) is 0 Å². The van der Waals surface area contributed by atoms with Crippen molar-refractivity contribution in [1.82, 2.24) is 0 Å². The lowest BCUT2D eigenvalue weighted by Crippen LogP contribution is -2.20. The van der Waals surface area contributed by atoms with Gasteiger partial charge in [0.05, 0.1) is 22.1 Å². The van der Waals surface area contributed by atoms with Gasteiger partial charge >= 0.3 is 0 Å². The molecule has 0 atom stereocenters. The first-order chi connectivity index (χ1) is 20.1. The van der Waals surface area contributed by atoms with Gasteiger partial charge in [-0.15, -0.1) is 0 Å². The van der Waals surface area contributed by atoms with Crippen LogP contribution >= 0.6 is 0 Å². The summed E-state index contributed by atoms with van der Waals surface area (Å²) < 4.78 is 62.2. The van der Waals surface area contributed by atoms with E-state index in [2.05, 4.69) is 30.8 Å². The maximum atomic E-state index is 14.0. The summed E-state index contributed by atoms with van der Waals surface area (Å²) in [5, 5.41) is 3.22. The number of benzene rings is 3. The van der Waals surface area contributed by atoms with E-state index in [4.69, 9.17) is 4.74 Å². The van der Waals surface area contributed by atoms with E-state index in [1.807, 2.05) is 64.1 Å². The number of anilines is 3. The standard InChI is InChI=1S/C34H48N2O5S2/c1-9-10-11-12-19-41-29-16-13-27(14-17-29)35-28-15-18-32(33(22-28)42(8,37)38)36-43(39,40)34-30(24(4)5)20-26(23(2)3)21-31(34)25(6)7/h13-18,20-25,35-36H,9-12,19H2,1-8H3. The molecule has 0 bridgehead atoms. The lowest BCUT2D eigenvalue weighted by Gasteiger charge is -2.23. The fourth-order valence-corrected chi connectivity index (χ4v) is 7.61. The molecule has 0 fully saturated rings. The molecule has 0 saturated heterocycles. The molecule has 0 saturated carbocycles. The lowest BCUT2D eigenvalue weighted by molar-refractivity contribution is 0.305. The fraction of sp³-hybridized carbons (Fsp3) is 0.471. The van der Waals surface area contributed by atoms with Crippen molar-refractivity contribution in [2.24, 2.45) is 0 Å². The first-order valence-electron chi connectivity index (χ1n) is 15.2. The van der Waals surface area contributed by atoms with Crippen LogP contribution in [0.15, 0.2) is 64.4 Å². The van der Waals surface area contributed by atoms with Crippen LogP contribution in [0.5, 0.6) is 5.75 Å². The van der Waals surface area contributed by atoms with Gasteiger partial charge in [-0.2, -0.15) is 0 Å². The predicted octanol–water partition coefficient (Wildman–Crippen LogP) is 8.96. The zero-order valence-corrected chi connectivity index (χ0v) is 28.5. The highest BCUT2D eigenvalue weighted by atomic mass is 32.2. The summed E-state index contributed by atoms with van der Waals surface area (Å²) in [6.07, 6.45) is 5.61. The number of rotatable bonds is 15. The minimum Gasteiger partial charge on any atom is -0.494 e. The van der Waals surface area contributed by atoms with Crippen LogP contribution in [0.3, 0.4) is 0 Å². The van der Waals surface area contributed by atoms with E-state index in [0.29, 0.717) is 12.3 Å². The number of sulfonamides is 1. The molecule has 9 heteroatoms. The zero-order chi connectivity index (χ0) is 31.9. The smallest absolute Gasteiger partial charge is 0.262 e. The molecule has 236 valence electrons. The molecule has 0 spiro atoms. The van der Waals surface area contributed by atoms with Crippen LogP contribution in [0.2, 0.25) is 0 Å². The molecule has 3 rings (SSSR count). The van der Waals surface area contributed by atoms with Crippen LogP contribution < -0.4 is 14.8 Å². The van der Waals surface area contributed by atoms with Gasteiger partial charge in [-0.3, -0.25) is 4.72 Å². The summed E-state index contributed by atoms with van der Waals surface area (Å²) in [4.78, 5) is 0.111. The van der Waals surface area contributed by atoms with Crippen molar-refractivity contribution < 1.29 is 21.6 Å². The van der Waals surface area contributed by atoms with Crippen LogP contribution in [-0.4, -0.2) is 29.7 Å². The van der Waals surface area contributed by atoms with Gasteiger partial charge in [-0.25, -0.2) is 16.8 Å². The molecule has 0 aliphatic carbocycles. The Morgan fingerprint density at radius 3 is 1.81 bits per heavy atom. The van der Waals surface area contributed by atoms with Gasteiger partial charge in [-0.05, 0) is 83.3 Å². The van der Waals surface area contributed by atoms with Crippen LogP contribution in [-0.2, 0) is 19.9 Å². The number of ether oxygens (including phenoxy) is 1. The van der Waals surface area contributed by atoms with Gasteiger partial charge in [0.15, 0.2) is 9.84 Å². The lowest BCUT2D eigenvalue weighted by atomic mass is 9.89. The van der Waals surface area contributed by atoms with Gasteiger partial charge in [0, 0.05) is 17.6 Å². The molecule has 0 unspecified atom stereocenters. The van der Waals surface area contributed by atoms with E-state index in [9.17, 15) is 16.8 Å². The molecule has 0 aliphatic rings. The SMILES string of the molecule is CCCCCCOc1ccc(Nc2ccc(NS(=O)(=O)c3c(C(C)C)cc(C(C)C)cc3C(C)C)c(S(C)(=O)=O)c2)cc1. The van der Waals surface area contributed by atoms with Crippen molar-refractivity contribution in [3.05, 3.63) is 71.3 Å². The molecule has 0 aromatic heterocycles. The Morgan fingerprint density at radius 1 is 0.721 bits per heavy atom. The van der Waals surface area contributed by atoms with Crippen molar-refractivity contribution >= 4 is 36.9 Å². The van der Waals surface area contributed by atoms with Crippen molar-refractivity contribution in [1.29, 1.82) is 0 Å². The minimum absolute atomic E-state index is 0.0113. The maximum Gasteiger partial charge on any atom is 0.262 e. The molecule has 0 radical (unpaired) electrons. The van der Waals surface area contributed by atoms with Gasteiger partial charge in [0.2, 0.25) is 0 Å². The van der Waals surface area contributed by atoms with E-state index >= 15 is 0 Å². The van der Waals surface area contributed by atoms with Crippen molar-refractivity contribution in [3.8, 4) is 5.75 Å². The highest BCUT2D eigenvalue weighted by Crippen LogP contribution is 2.37. The Balaban J connectivity index is 1.93. The highest BCUT2D eigenvalue weighted by molar-refractivity contribution is 7.93. The van der Waals surface area contributed by atoms with Crippen molar-refractivity contribution in [3.63, 3.8) is 0 Å². The Kier molecular flexibility index (Phi) is 11.7. The van der Waals surface area contributed by atoms with Crippen molar-refractivity contribution in [2.75, 3.05) is 22.9 Å². The number of nitrogens with one attached hydrogen (secondary N) is 2. The third kappa shape index (κ3) is 9.22. The van der Waals surface area contributed by atoms with Gasteiger partial charge < -0.3 is 10.1 Å². The third-order valence-electron chi connectivity index (χ3n) is 7.38. The minimum atomic E-state index is -4.13. The Bertz CT molecular complexity index is 1570. The second-order valence-corrected chi connectivity index (χ2v) is 15.7. The number of unbranched alkanes of at least 4 members (excludes halogenated alkanes) is 3. The largest absolute Gasteiger partial charge is 0.494 e. The topological polar surface area (TPSA) is 102 Å². The Labute approximate surface area is 259 Å². The van der Waals surface area contributed by atoms with E-state index < -0.39 is 19.9 Å². The number of sulfone groups is 1. The molecule has 3 aromatic carbocycles. The molecule has 2 N–H and O–H groups in total. The van der Waals surface area contributed by atoms with E-state index in [0.717, 1.165) is 47.2 Å². The summed E-state index contributed by atoms with van der Waals surface area (Å²) >= 11 is 0. The Hall–Kier alpha value is -3.04. The van der Waals surface area contributed by atoms with Gasteiger partial charge in [-0.1, -0.05) is 79.9 Å². The van der Waals surface area contributed by atoms with E-state index in [-0.39, 0.29) is 33.2 Å². The highest BCUT2D eigenvalue weighted by Gasteiger charge is 2.28. The van der Waals surface area contributed by atoms with Crippen LogP contribution in [0.1, 0.15) is 109 Å². The second kappa shape index (κ2) is 14.6. The van der Waals surface area contributed by atoms with Crippen molar-refractivity contribution in [2.45, 2.75) is 102 Å². The first kappa shape index (κ1) is 34.5. The molecule has 7 nitrogen and oxygen atoms in total. The second-order valence-electron chi connectivity index (χ2n) is 12.1. The fourth-order valence-electron chi connectivity index (χ4n) is 4.91. The molecular formula is C34H48N2O5S2. The van der Waals surface area contributed by atoms with Gasteiger partial charge in [0.1, 0.15) is 5.75 Å². The maximum absolute atomic E-state index is 14.0. The van der Waals surface area contributed by atoms with Gasteiger partial charge in [0.25, 0.3) is 10.0 Å². The molecule has 43 heavy (non-hydrogen) atoms. The normalized spacial score (nSPS) is 12.3. The monoisotopic (exact) mass is 628 g/mol. The molecule has 0 amide bonds. The number of hydrogen-bond donors (Lipinski definition) is 2. The average molecular weight is 629 g/mol. The van der Waals surface area contributed by atoms with Crippen LogP contribution in [0.25, 0.3) is 0 Å². The van der Waals surface area contributed by atoms with Crippen LogP contribution in [0.4, 0.5) is 17.1 Å². The Morgan fingerprint density at radius 2 is 1.30 bits per heavy atom. The molecule has 3 aromatic rings. The molecule has 0 aliphatic heterocycles. The zero-order valence-electron chi connectivity index (χ0n) is 26.8. The average Bonchev–Trinajstić information content (AvgIpc) is 2.93. The molecule has 0 heterocycles. The summed E-state index contributed by atoms with van der Waals surface area (Å²) in [6, 6.07) is 16.0. The third-order valence-corrected chi connectivity index (χ3v) is 10.0. The van der Waals surface area contributed by atoms with E-state index in [1.54, 1.807) is 6.07 Å². The quantitative estimate of drug-likeness (QED) is 0.163. The summed E-state index contributed by atoms with van der Waals surface area (Å²) in [7, 11) is -7.91. The first-order valence-corrected chi connectivity index (χ1v) is 18.6. The summed E-state index contributed by atoms with van der Waals surface area (Å²) in [5.74, 6) is 0.894. The summed E-state index contributed by atoms with van der Waals surface area (Å²) in [5.41, 5.74) is 3.79. The number of hydrogen-bond acceptors (Lipinski definition) is 6.